The zero-order valence-corrected chi connectivity index (χ0v) is 13.9. The van der Waals surface area contributed by atoms with E-state index in [0.29, 0.717) is 0 Å². The van der Waals surface area contributed by atoms with Crippen molar-refractivity contribution in [2.75, 3.05) is 13.7 Å². The van der Waals surface area contributed by atoms with Gasteiger partial charge in [0.2, 0.25) is 0 Å². The summed E-state index contributed by atoms with van der Waals surface area (Å²) < 4.78 is 0. The van der Waals surface area contributed by atoms with E-state index in [1.807, 2.05) is 13.0 Å². The highest BCUT2D eigenvalue weighted by atomic mass is 16.3. The Morgan fingerprint density at radius 3 is 2.29 bits per heavy atom. The number of rotatable bonds is 2. The average Bonchev–Trinajstić information content (AvgIpc) is 2.59. The first-order valence-electron chi connectivity index (χ1n) is 7.89. The average molecular weight is 332 g/mol. The number of aryl methyl sites for hydroxylation is 1. The van der Waals surface area contributed by atoms with Gasteiger partial charge in [0.1, 0.15) is 5.75 Å². The number of aromatic hydroxyl groups is 3. The molecule has 2 aromatic rings. The van der Waals surface area contributed by atoms with Gasteiger partial charge in [-0.05, 0) is 66.1 Å². The van der Waals surface area contributed by atoms with Crippen molar-refractivity contribution in [2.24, 2.45) is 5.92 Å². The zero-order chi connectivity index (χ0) is 17.9. The van der Waals surface area contributed by atoms with Crippen molar-refractivity contribution in [3.8, 4) is 17.2 Å². The predicted molar refractivity (Wildman–Crippen MR) is 91.5 cm³/mol. The number of aliphatic hydroxyl groups is 2. The van der Waals surface area contributed by atoms with Gasteiger partial charge in [-0.2, -0.15) is 0 Å². The topological polar surface area (TPSA) is 101 Å². The third kappa shape index (κ3) is 3.47. The van der Waals surface area contributed by atoms with Gasteiger partial charge in [-0.1, -0.05) is 12.1 Å². The Kier molecular flexibility index (Phi) is 5.70. The number of fused-ring (bicyclic) bond motifs is 1. The predicted octanol–water partition coefficient (Wildman–Crippen LogP) is 2.41. The van der Waals surface area contributed by atoms with Gasteiger partial charge in [0.05, 0.1) is 0 Å². The minimum atomic E-state index is -0.151. The molecule has 5 N–H and O–H groups in total. The first-order valence-corrected chi connectivity index (χ1v) is 7.89. The molecular weight excluding hydrogens is 308 g/mol. The summed E-state index contributed by atoms with van der Waals surface area (Å²) in [5.74, 6) is 0.0947. The number of phenolic OH excluding ortho intramolecular Hbond substituents is 3. The first kappa shape index (κ1) is 18.1. The van der Waals surface area contributed by atoms with Gasteiger partial charge in [0.25, 0.3) is 0 Å². The Hall–Kier alpha value is -2.24. The summed E-state index contributed by atoms with van der Waals surface area (Å²) in [5.41, 5.74) is 3.85. The van der Waals surface area contributed by atoms with Crippen LogP contribution in [0.2, 0.25) is 0 Å². The third-order valence-electron chi connectivity index (χ3n) is 4.57. The molecular formula is C19H24O5. The van der Waals surface area contributed by atoms with Crippen molar-refractivity contribution in [2.45, 2.75) is 25.7 Å². The molecule has 0 amide bonds. The van der Waals surface area contributed by atoms with Crippen LogP contribution in [0, 0.1) is 12.8 Å². The van der Waals surface area contributed by atoms with Gasteiger partial charge in [-0.25, -0.2) is 0 Å². The maximum absolute atomic E-state index is 10.0. The summed E-state index contributed by atoms with van der Waals surface area (Å²) in [6.07, 6.45) is 1.53. The fraction of sp³-hybridized carbons (Fsp3) is 0.368. The maximum Gasteiger partial charge on any atom is 0.157 e. The normalized spacial score (nSPS) is 19.2. The molecule has 0 fully saturated rings. The van der Waals surface area contributed by atoms with E-state index < -0.39 is 0 Å². The second-order valence-electron chi connectivity index (χ2n) is 6.13. The summed E-state index contributed by atoms with van der Waals surface area (Å²) in [7, 11) is 1.00. The lowest BCUT2D eigenvalue weighted by molar-refractivity contribution is 0.208. The van der Waals surface area contributed by atoms with Crippen LogP contribution < -0.4 is 0 Å². The number of aliphatic hydroxyl groups excluding tert-OH is 2. The van der Waals surface area contributed by atoms with Crippen LogP contribution in [0.4, 0.5) is 0 Å². The van der Waals surface area contributed by atoms with Crippen LogP contribution in [0.25, 0.3) is 0 Å². The van der Waals surface area contributed by atoms with Crippen molar-refractivity contribution < 1.29 is 25.5 Å². The number of benzene rings is 2. The molecule has 1 aliphatic carbocycles. The van der Waals surface area contributed by atoms with E-state index in [-0.39, 0.29) is 35.7 Å². The van der Waals surface area contributed by atoms with Crippen LogP contribution in [-0.2, 0) is 6.42 Å². The van der Waals surface area contributed by atoms with Crippen molar-refractivity contribution in [3.05, 3.63) is 52.6 Å². The monoisotopic (exact) mass is 332 g/mol. The SMILES string of the molecule is CO.Cc1cc2c(cc1O)C(c1ccc(O)c(O)c1)CC(CO)C2. The van der Waals surface area contributed by atoms with E-state index >= 15 is 0 Å². The van der Waals surface area contributed by atoms with E-state index in [1.54, 1.807) is 18.2 Å². The summed E-state index contributed by atoms with van der Waals surface area (Å²) in [6.45, 7) is 1.97. The molecule has 1 aliphatic rings. The Morgan fingerprint density at radius 1 is 0.958 bits per heavy atom. The molecule has 0 aromatic heterocycles. The van der Waals surface area contributed by atoms with E-state index in [4.69, 9.17) is 5.11 Å². The highest BCUT2D eigenvalue weighted by Gasteiger charge is 2.29. The number of phenols is 3. The quantitative estimate of drug-likeness (QED) is 0.544. The van der Waals surface area contributed by atoms with Crippen molar-refractivity contribution in [1.82, 2.24) is 0 Å². The second-order valence-corrected chi connectivity index (χ2v) is 6.13. The number of hydrogen-bond acceptors (Lipinski definition) is 5. The molecule has 0 spiro atoms. The Labute approximate surface area is 141 Å². The molecule has 0 bridgehead atoms. The lowest BCUT2D eigenvalue weighted by Crippen LogP contribution is -2.22. The van der Waals surface area contributed by atoms with Gasteiger partial charge in [0, 0.05) is 19.6 Å². The molecule has 5 heteroatoms. The molecule has 3 rings (SSSR count). The molecule has 24 heavy (non-hydrogen) atoms. The molecule has 0 radical (unpaired) electrons. The molecule has 0 saturated heterocycles. The summed E-state index contributed by atoms with van der Waals surface area (Å²) in [4.78, 5) is 0. The van der Waals surface area contributed by atoms with Crippen molar-refractivity contribution >= 4 is 0 Å². The Balaban J connectivity index is 0.00000100. The molecule has 2 unspecified atom stereocenters. The number of hydrogen-bond donors (Lipinski definition) is 5. The second kappa shape index (κ2) is 7.55. The highest BCUT2D eigenvalue weighted by molar-refractivity contribution is 5.50. The van der Waals surface area contributed by atoms with Gasteiger partial charge in [0.15, 0.2) is 11.5 Å². The fourth-order valence-electron chi connectivity index (χ4n) is 3.34. The van der Waals surface area contributed by atoms with Crippen LogP contribution >= 0.6 is 0 Å². The van der Waals surface area contributed by atoms with Crippen molar-refractivity contribution in [3.63, 3.8) is 0 Å². The maximum atomic E-state index is 10.0. The molecule has 0 saturated carbocycles. The zero-order valence-electron chi connectivity index (χ0n) is 13.9. The first-order chi connectivity index (χ1) is 11.5. The lowest BCUT2D eigenvalue weighted by Gasteiger charge is -2.31. The Morgan fingerprint density at radius 2 is 1.67 bits per heavy atom. The molecule has 0 heterocycles. The van der Waals surface area contributed by atoms with E-state index in [9.17, 15) is 20.4 Å². The Bertz CT molecular complexity index is 711. The molecule has 2 atom stereocenters. The summed E-state index contributed by atoms with van der Waals surface area (Å²) >= 11 is 0. The highest BCUT2D eigenvalue weighted by Crippen LogP contribution is 2.43. The van der Waals surface area contributed by atoms with Gasteiger partial charge < -0.3 is 25.5 Å². The molecule has 130 valence electrons. The van der Waals surface area contributed by atoms with Gasteiger partial charge >= 0.3 is 0 Å². The molecule has 0 aliphatic heterocycles. The largest absolute Gasteiger partial charge is 0.508 e. The van der Waals surface area contributed by atoms with Gasteiger partial charge in [-0.15, -0.1) is 0 Å². The van der Waals surface area contributed by atoms with Crippen LogP contribution in [0.5, 0.6) is 17.2 Å². The van der Waals surface area contributed by atoms with Gasteiger partial charge in [-0.3, -0.25) is 0 Å². The summed E-state index contributed by atoms with van der Waals surface area (Å²) in [5, 5.41) is 45.8. The van der Waals surface area contributed by atoms with Crippen LogP contribution in [0.1, 0.15) is 34.6 Å². The minimum absolute atomic E-state index is 0.0149. The standard InChI is InChI=1S/C18H20O4.CH4O/c1-10-4-13-5-11(9-19)6-14(15(13)8-17(10)21)12-2-3-16(20)18(22)7-12;1-2/h2-4,7-8,11,14,19-22H,5-6,9H2,1H3;2H,1H3. The van der Waals surface area contributed by atoms with Crippen LogP contribution in [0.3, 0.4) is 0 Å². The lowest BCUT2D eigenvalue weighted by atomic mass is 9.73. The van der Waals surface area contributed by atoms with E-state index in [1.165, 1.54) is 6.07 Å². The van der Waals surface area contributed by atoms with E-state index in [0.717, 1.165) is 42.2 Å². The molecule has 2 aromatic carbocycles. The third-order valence-corrected chi connectivity index (χ3v) is 4.57. The van der Waals surface area contributed by atoms with Crippen molar-refractivity contribution in [1.29, 1.82) is 0 Å². The smallest absolute Gasteiger partial charge is 0.157 e. The molecule has 5 nitrogen and oxygen atoms in total. The fourth-order valence-corrected chi connectivity index (χ4v) is 3.34. The summed E-state index contributed by atoms with van der Waals surface area (Å²) in [6, 6.07) is 8.56. The minimum Gasteiger partial charge on any atom is -0.508 e. The van der Waals surface area contributed by atoms with Crippen LogP contribution in [-0.4, -0.2) is 39.2 Å². The van der Waals surface area contributed by atoms with E-state index in [2.05, 4.69) is 0 Å². The van der Waals surface area contributed by atoms with Crippen LogP contribution in [0.15, 0.2) is 30.3 Å².